The van der Waals surface area contributed by atoms with Crippen molar-refractivity contribution in [1.29, 1.82) is 0 Å². The number of allylic oxidation sites excluding steroid dienone is 2. The largest absolute Gasteiger partial charge is 0.496 e. The van der Waals surface area contributed by atoms with Crippen LogP contribution in [0.4, 0.5) is 5.69 Å². The van der Waals surface area contributed by atoms with Gasteiger partial charge in [0.2, 0.25) is 10.0 Å². The first-order chi connectivity index (χ1) is 15.3. The highest BCUT2D eigenvalue weighted by Crippen LogP contribution is 2.33. The minimum absolute atomic E-state index is 0.139. The Kier molecular flexibility index (Phi) is 8.57. The van der Waals surface area contributed by atoms with Crippen LogP contribution in [0.1, 0.15) is 30.5 Å². The highest BCUT2D eigenvalue weighted by Gasteiger charge is 2.14. The van der Waals surface area contributed by atoms with Crippen molar-refractivity contribution in [2.24, 2.45) is 0 Å². The van der Waals surface area contributed by atoms with E-state index in [4.69, 9.17) is 13.7 Å². The third-order valence-corrected chi connectivity index (χ3v) is 5.46. The number of hydrogen-bond donors (Lipinski definition) is 1. The zero-order valence-corrected chi connectivity index (χ0v) is 21.1. The summed E-state index contributed by atoms with van der Waals surface area (Å²) in [6.45, 7) is 3.98. The molecule has 10 heteroatoms. The summed E-state index contributed by atoms with van der Waals surface area (Å²) in [7, 11) is -4.21. The number of sulfonamides is 1. The number of benzene rings is 2. The van der Waals surface area contributed by atoms with Gasteiger partial charge in [-0.15, -0.1) is 0 Å². The van der Waals surface area contributed by atoms with Crippen molar-refractivity contribution in [2.75, 3.05) is 31.5 Å². The molecular weight excluding hydrogens is 466 g/mol. The first kappa shape index (κ1) is 26.3. The van der Waals surface area contributed by atoms with Crippen LogP contribution in [-0.2, 0) is 26.6 Å². The highest BCUT2D eigenvalue weighted by molar-refractivity contribution is 7.92. The van der Waals surface area contributed by atoms with Crippen molar-refractivity contribution < 1.29 is 30.5 Å². The van der Waals surface area contributed by atoms with Gasteiger partial charge < -0.3 is 13.7 Å². The van der Waals surface area contributed by atoms with Gasteiger partial charge in [0, 0.05) is 11.6 Å². The van der Waals surface area contributed by atoms with Crippen LogP contribution in [0.15, 0.2) is 42.0 Å². The maximum atomic E-state index is 11.6. The Bertz CT molecular complexity index is 1270. The zero-order valence-electron chi connectivity index (χ0n) is 19.5. The number of anilines is 1. The Labute approximate surface area is 196 Å². The van der Waals surface area contributed by atoms with Gasteiger partial charge in [0.25, 0.3) is 0 Å². The summed E-state index contributed by atoms with van der Waals surface area (Å²) in [5.74, 6) is 0.998. The predicted octanol–water partition coefficient (Wildman–Crippen LogP) is 4.09. The molecule has 0 spiro atoms. The fourth-order valence-corrected chi connectivity index (χ4v) is 4.01. The molecule has 0 aromatic heterocycles. The molecule has 0 fully saturated rings. The van der Waals surface area contributed by atoms with Crippen molar-refractivity contribution >= 4 is 38.0 Å². The third kappa shape index (κ3) is 8.47. The lowest BCUT2D eigenvalue weighted by Gasteiger charge is -2.14. The van der Waals surface area contributed by atoms with Crippen molar-refractivity contribution in [1.82, 2.24) is 0 Å². The molecule has 0 atom stereocenters. The number of nitrogens with one attached hydrogen (secondary N) is 1. The minimum atomic E-state index is -3.72. The van der Waals surface area contributed by atoms with Gasteiger partial charge in [-0.1, -0.05) is 29.9 Å². The van der Waals surface area contributed by atoms with E-state index in [1.54, 1.807) is 36.4 Å². The maximum Gasteiger partial charge on any atom is 0.306 e. The number of hydrogen-bond acceptors (Lipinski definition) is 7. The molecule has 0 aliphatic rings. The van der Waals surface area contributed by atoms with Crippen LogP contribution < -0.4 is 18.4 Å². The second kappa shape index (κ2) is 10.8. The minimum Gasteiger partial charge on any atom is -0.496 e. The average molecular weight is 496 g/mol. The third-order valence-electron chi connectivity index (χ3n) is 4.38. The van der Waals surface area contributed by atoms with E-state index in [0.717, 1.165) is 29.2 Å². The monoisotopic (exact) mass is 495 g/mol. The summed E-state index contributed by atoms with van der Waals surface area (Å²) < 4.78 is 64.7. The zero-order chi connectivity index (χ0) is 24.8. The summed E-state index contributed by atoms with van der Waals surface area (Å²) >= 11 is 0. The van der Waals surface area contributed by atoms with Crippen LogP contribution in [0.2, 0.25) is 0 Å². The molecule has 0 amide bonds. The first-order valence-corrected chi connectivity index (χ1v) is 13.6. The molecule has 0 aliphatic heterocycles. The predicted molar refractivity (Wildman–Crippen MR) is 132 cm³/mol. The lowest BCUT2D eigenvalue weighted by Crippen LogP contribution is -2.10. The SMILES string of the molecule is COc1cc(/C=C/c2cc(OS(C)(=O)=O)cc(OC)c2CC=C(C)C)ccc1NS(C)(=O)=O. The van der Waals surface area contributed by atoms with E-state index in [2.05, 4.69) is 4.72 Å². The normalized spacial score (nSPS) is 11.8. The summed E-state index contributed by atoms with van der Waals surface area (Å²) in [6.07, 6.45) is 8.27. The van der Waals surface area contributed by atoms with E-state index in [1.165, 1.54) is 14.2 Å². The molecule has 8 nitrogen and oxygen atoms in total. The van der Waals surface area contributed by atoms with Crippen LogP contribution in [0.5, 0.6) is 17.2 Å². The van der Waals surface area contributed by atoms with Crippen molar-refractivity contribution in [3.05, 3.63) is 58.7 Å². The summed E-state index contributed by atoms with van der Waals surface area (Å²) in [4.78, 5) is 0. The first-order valence-electron chi connectivity index (χ1n) is 9.89. The lowest BCUT2D eigenvalue weighted by atomic mass is 10.00. The van der Waals surface area contributed by atoms with Gasteiger partial charge in [-0.3, -0.25) is 4.72 Å². The smallest absolute Gasteiger partial charge is 0.306 e. The van der Waals surface area contributed by atoms with Gasteiger partial charge in [-0.2, -0.15) is 8.42 Å². The molecule has 2 aromatic carbocycles. The molecule has 0 aliphatic carbocycles. The van der Waals surface area contributed by atoms with Crippen molar-refractivity contribution in [2.45, 2.75) is 20.3 Å². The molecule has 1 N–H and O–H groups in total. The van der Waals surface area contributed by atoms with Gasteiger partial charge >= 0.3 is 10.1 Å². The van der Waals surface area contributed by atoms with Gasteiger partial charge in [-0.05, 0) is 49.6 Å². The maximum absolute atomic E-state index is 11.6. The van der Waals surface area contributed by atoms with E-state index in [1.807, 2.05) is 26.0 Å². The molecule has 0 bridgehead atoms. The Morgan fingerprint density at radius 1 is 0.939 bits per heavy atom. The number of ether oxygens (including phenoxy) is 2. The van der Waals surface area contributed by atoms with Crippen molar-refractivity contribution in [3.8, 4) is 17.2 Å². The van der Waals surface area contributed by atoms with Gasteiger partial charge in [0.05, 0.1) is 32.4 Å². The standard InChI is InChI=1S/C23H29NO7S2/c1-16(2)7-11-20-18(14-19(15-22(20)29-3)31-33(6,27)28)10-8-17-9-12-21(23(13-17)30-4)24-32(5,25)26/h7-10,12-15,24H,11H2,1-6H3/b10-8+. The number of rotatable bonds is 10. The molecule has 180 valence electrons. The fourth-order valence-electron chi connectivity index (χ4n) is 3.00. The van der Waals surface area contributed by atoms with Crippen LogP contribution >= 0.6 is 0 Å². The topological polar surface area (TPSA) is 108 Å². The molecular formula is C23H29NO7S2. The second-order valence-electron chi connectivity index (χ2n) is 7.63. The molecule has 2 aromatic rings. The van der Waals surface area contributed by atoms with Crippen molar-refractivity contribution in [3.63, 3.8) is 0 Å². The van der Waals surface area contributed by atoms with E-state index < -0.39 is 20.1 Å². The van der Waals surface area contributed by atoms with Crippen LogP contribution in [0.25, 0.3) is 12.2 Å². The van der Waals surface area contributed by atoms with Crippen LogP contribution in [0.3, 0.4) is 0 Å². The van der Waals surface area contributed by atoms with Gasteiger partial charge in [0.15, 0.2) is 0 Å². The second-order valence-corrected chi connectivity index (χ2v) is 11.0. The summed E-state index contributed by atoms with van der Waals surface area (Å²) in [5.41, 5.74) is 3.77. The lowest BCUT2D eigenvalue weighted by molar-refractivity contribution is 0.407. The van der Waals surface area contributed by atoms with Gasteiger partial charge in [0.1, 0.15) is 17.2 Å². The van der Waals surface area contributed by atoms with E-state index in [9.17, 15) is 16.8 Å². The number of methoxy groups -OCH3 is 2. The Morgan fingerprint density at radius 2 is 1.61 bits per heavy atom. The van der Waals surface area contributed by atoms with E-state index >= 15 is 0 Å². The molecule has 0 heterocycles. The molecule has 0 radical (unpaired) electrons. The Morgan fingerprint density at radius 3 is 2.15 bits per heavy atom. The fraction of sp³-hybridized carbons (Fsp3) is 0.304. The molecule has 0 saturated carbocycles. The summed E-state index contributed by atoms with van der Waals surface area (Å²) in [5, 5.41) is 0. The Hall–Kier alpha value is -2.98. The van der Waals surface area contributed by atoms with Gasteiger partial charge in [-0.25, -0.2) is 8.42 Å². The Balaban J connectivity index is 2.54. The van der Waals surface area contributed by atoms with Crippen LogP contribution in [-0.4, -0.2) is 43.6 Å². The molecule has 33 heavy (non-hydrogen) atoms. The summed E-state index contributed by atoms with van der Waals surface area (Å²) in [6, 6.07) is 8.20. The molecule has 2 rings (SSSR count). The van der Waals surface area contributed by atoms with E-state index in [-0.39, 0.29) is 5.75 Å². The quantitative estimate of drug-likeness (QED) is 0.300. The highest BCUT2D eigenvalue weighted by atomic mass is 32.2. The molecule has 0 unspecified atom stereocenters. The molecule has 0 saturated heterocycles. The van der Waals surface area contributed by atoms with Crippen LogP contribution in [0, 0.1) is 0 Å². The van der Waals surface area contributed by atoms with E-state index in [0.29, 0.717) is 29.2 Å². The average Bonchev–Trinajstić information content (AvgIpc) is 2.69.